The summed E-state index contributed by atoms with van der Waals surface area (Å²) in [6, 6.07) is 3.01. The zero-order chi connectivity index (χ0) is 15.0. The first kappa shape index (κ1) is 13.4. The summed E-state index contributed by atoms with van der Waals surface area (Å²) in [7, 11) is 0. The first-order chi connectivity index (χ1) is 10.1. The highest BCUT2D eigenvalue weighted by atomic mass is 16.3. The van der Waals surface area contributed by atoms with Gasteiger partial charge in [-0.25, -0.2) is 4.98 Å². The zero-order valence-electron chi connectivity index (χ0n) is 11.6. The van der Waals surface area contributed by atoms with Crippen LogP contribution in [-0.2, 0) is 6.42 Å². The maximum absolute atomic E-state index is 12.3. The lowest BCUT2D eigenvalue weighted by Gasteiger charge is -2.09. The molecule has 2 aromatic heterocycles. The number of fused-ring (bicyclic) bond motifs is 1. The lowest BCUT2D eigenvalue weighted by Crippen LogP contribution is -2.15. The summed E-state index contributed by atoms with van der Waals surface area (Å²) in [4.78, 5) is 31.2. The van der Waals surface area contributed by atoms with Crippen molar-refractivity contribution in [3.05, 3.63) is 40.8 Å². The van der Waals surface area contributed by atoms with Crippen LogP contribution in [0.2, 0.25) is 0 Å². The van der Waals surface area contributed by atoms with Crippen LogP contribution in [0, 0.1) is 6.92 Å². The number of anilines is 1. The molecule has 0 radical (unpaired) electrons. The van der Waals surface area contributed by atoms with E-state index in [1.807, 2.05) is 0 Å². The number of Topliss-reactive ketones (excluding diaryl/α,β-unsaturated/α-hetero) is 1. The summed E-state index contributed by atoms with van der Waals surface area (Å²) in [5.41, 5.74) is 2.46. The molecular weight excluding hydrogens is 270 g/mol. The van der Waals surface area contributed by atoms with Gasteiger partial charge in [0, 0.05) is 23.9 Å². The summed E-state index contributed by atoms with van der Waals surface area (Å²) < 4.78 is 0. The molecule has 3 rings (SSSR count). The van der Waals surface area contributed by atoms with Crippen LogP contribution in [0.1, 0.15) is 44.9 Å². The molecule has 6 heteroatoms. The predicted molar refractivity (Wildman–Crippen MR) is 76.7 cm³/mol. The number of amides is 1. The number of carbonyl (C=O) groups is 2. The van der Waals surface area contributed by atoms with Crippen LogP contribution in [-0.4, -0.2) is 26.8 Å². The third kappa shape index (κ3) is 2.29. The van der Waals surface area contributed by atoms with Crippen molar-refractivity contribution in [1.29, 1.82) is 0 Å². The molecular formula is C15H15N3O3. The van der Waals surface area contributed by atoms with Crippen LogP contribution >= 0.6 is 0 Å². The van der Waals surface area contributed by atoms with Crippen LogP contribution < -0.4 is 5.32 Å². The Balaban J connectivity index is 1.93. The molecule has 0 atom stereocenters. The zero-order valence-corrected chi connectivity index (χ0v) is 11.6. The van der Waals surface area contributed by atoms with Crippen molar-refractivity contribution < 1.29 is 14.7 Å². The van der Waals surface area contributed by atoms with Crippen molar-refractivity contribution in [1.82, 2.24) is 9.97 Å². The van der Waals surface area contributed by atoms with E-state index in [0.717, 1.165) is 18.5 Å². The van der Waals surface area contributed by atoms with Gasteiger partial charge in [0.25, 0.3) is 5.91 Å². The SMILES string of the molecule is Cc1c(C(=O)Nc2ncccc2O)[nH]c2c1C(=O)CCC2. The number of aromatic hydroxyl groups is 1. The summed E-state index contributed by atoms with van der Waals surface area (Å²) in [6.45, 7) is 1.76. The molecule has 0 saturated heterocycles. The number of carbonyl (C=O) groups excluding carboxylic acids is 2. The second kappa shape index (κ2) is 5.05. The number of nitrogens with zero attached hydrogens (tertiary/aromatic N) is 1. The summed E-state index contributed by atoms with van der Waals surface area (Å²) in [5, 5.41) is 12.2. The second-order valence-corrected chi connectivity index (χ2v) is 5.08. The van der Waals surface area contributed by atoms with Gasteiger partial charge in [-0.1, -0.05) is 0 Å². The Hall–Kier alpha value is -2.63. The Labute approximate surface area is 121 Å². The molecule has 0 unspecified atom stereocenters. The maximum Gasteiger partial charge on any atom is 0.273 e. The Morgan fingerprint density at radius 3 is 2.95 bits per heavy atom. The van der Waals surface area contributed by atoms with E-state index < -0.39 is 5.91 Å². The van der Waals surface area contributed by atoms with Crippen molar-refractivity contribution in [2.24, 2.45) is 0 Å². The summed E-state index contributed by atoms with van der Waals surface area (Å²) in [6.07, 6.45) is 3.57. The fourth-order valence-corrected chi connectivity index (χ4v) is 2.66. The molecule has 0 bridgehead atoms. The van der Waals surface area contributed by atoms with E-state index in [0.29, 0.717) is 23.2 Å². The largest absolute Gasteiger partial charge is 0.504 e. The van der Waals surface area contributed by atoms with Gasteiger partial charge >= 0.3 is 0 Å². The quantitative estimate of drug-likeness (QED) is 0.788. The van der Waals surface area contributed by atoms with Crippen LogP contribution in [0.25, 0.3) is 0 Å². The molecule has 21 heavy (non-hydrogen) atoms. The normalized spacial score (nSPS) is 13.9. The van der Waals surface area contributed by atoms with Crippen LogP contribution in [0.15, 0.2) is 18.3 Å². The third-order valence-corrected chi connectivity index (χ3v) is 3.68. The van der Waals surface area contributed by atoms with Crippen molar-refractivity contribution in [3.8, 4) is 5.75 Å². The fraction of sp³-hybridized carbons (Fsp3) is 0.267. The molecule has 0 spiro atoms. The molecule has 2 heterocycles. The van der Waals surface area contributed by atoms with Crippen LogP contribution in [0.5, 0.6) is 5.75 Å². The minimum Gasteiger partial charge on any atom is -0.504 e. The smallest absolute Gasteiger partial charge is 0.273 e. The number of aryl methyl sites for hydroxylation is 1. The molecule has 108 valence electrons. The number of ketones is 1. The van der Waals surface area contributed by atoms with E-state index in [9.17, 15) is 14.7 Å². The summed E-state index contributed by atoms with van der Waals surface area (Å²) in [5.74, 6) is -0.342. The third-order valence-electron chi connectivity index (χ3n) is 3.68. The van der Waals surface area contributed by atoms with Gasteiger partial charge in [-0.05, 0) is 37.5 Å². The molecule has 3 N–H and O–H groups in total. The molecule has 1 amide bonds. The highest BCUT2D eigenvalue weighted by Crippen LogP contribution is 2.27. The first-order valence-electron chi connectivity index (χ1n) is 6.78. The van der Waals surface area contributed by atoms with E-state index in [1.54, 1.807) is 13.0 Å². The van der Waals surface area contributed by atoms with Crippen molar-refractivity contribution >= 4 is 17.5 Å². The number of aromatic amines is 1. The molecule has 1 aliphatic carbocycles. The number of hydrogen-bond acceptors (Lipinski definition) is 4. The lowest BCUT2D eigenvalue weighted by atomic mass is 9.94. The van der Waals surface area contributed by atoms with E-state index in [2.05, 4.69) is 15.3 Å². The van der Waals surface area contributed by atoms with E-state index in [4.69, 9.17) is 0 Å². The molecule has 1 aliphatic rings. The number of H-pyrrole nitrogens is 1. The molecule has 0 fully saturated rings. The van der Waals surface area contributed by atoms with Crippen molar-refractivity contribution in [2.45, 2.75) is 26.2 Å². The average Bonchev–Trinajstić information content (AvgIpc) is 2.80. The standard InChI is InChI=1S/C15H15N3O3/c1-8-12-9(4-2-5-10(12)19)17-13(8)15(21)18-14-11(20)6-3-7-16-14/h3,6-7,17,20H,2,4-5H2,1H3,(H,16,18,21). The molecule has 0 saturated carbocycles. The second-order valence-electron chi connectivity index (χ2n) is 5.08. The molecule has 6 nitrogen and oxygen atoms in total. The predicted octanol–water partition coefficient (Wildman–Crippen LogP) is 2.20. The van der Waals surface area contributed by atoms with Gasteiger partial charge in [0.1, 0.15) is 5.69 Å². The van der Waals surface area contributed by atoms with Gasteiger partial charge in [-0.15, -0.1) is 0 Å². The van der Waals surface area contributed by atoms with Gasteiger partial charge in [0.2, 0.25) is 0 Å². The molecule has 0 aliphatic heterocycles. The minimum absolute atomic E-state index is 0.0738. The number of pyridine rings is 1. The highest BCUT2D eigenvalue weighted by molar-refractivity contribution is 6.08. The van der Waals surface area contributed by atoms with Gasteiger partial charge < -0.3 is 15.4 Å². The maximum atomic E-state index is 12.3. The van der Waals surface area contributed by atoms with Gasteiger partial charge in [-0.2, -0.15) is 0 Å². The van der Waals surface area contributed by atoms with E-state index >= 15 is 0 Å². The molecule has 2 aromatic rings. The van der Waals surface area contributed by atoms with Crippen molar-refractivity contribution in [2.75, 3.05) is 5.32 Å². The van der Waals surface area contributed by atoms with Crippen molar-refractivity contribution in [3.63, 3.8) is 0 Å². The highest BCUT2D eigenvalue weighted by Gasteiger charge is 2.26. The van der Waals surface area contributed by atoms with Gasteiger partial charge in [0.05, 0.1) is 0 Å². The number of aromatic nitrogens is 2. The van der Waals surface area contributed by atoms with Gasteiger partial charge in [0.15, 0.2) is 17.4 Å². The monoisotopic (exact) mass is 285 g/mol. The molecule has 0 aromatic carbocycles. The Morgan fingerprint density at radius 1 is 1.43 bits per heavy atom. The van der Waals surface area contributed by atoms with E-state index in [-0.39, 0.29) is 17.4 Å². The number of rotatable bonds is 2. The lowest BCUT2D eigenvalue weighted by molar-refractivity contribution is 0.0971. The Kier molecular flexibility index (Phi) is 3.21. The Morgan fingerprint density at radius 2 is 2.24 bits per heavy atom. The first-order valence-corrected chi connectivity index (χ1v) is 6.78. The van der Waals surface area contributed by atoms with Crippen LogP contribution in [0.4, 0.5) is 5.82 Å². The number of hydrogen-bond donors (Lipinski definition) is 3. The van der Waals surface area contributed by atoms with E-state index in [1.165, 1.54) is 12.3 Å². The topological polar surface area (TPSA) is 95.1 Å². The average molecular weight is 285 g/mol. The minimum atomic E-state index is -0.413. The van der Waals surface area contributed by atoms with Gasteiger partial charge in [-0.3, -0.25) is 9.59 Å². The number of nitrogens with one attached hydrogen (secondary N) is 2. The summed E-state index contributed by atoms with van der Waals surface area (Å²) >= 11 is 0. The fourth-order valence-electron chi connectivity index (χ4n) is 2.66. The van der Waals surface area contributed by atoms with Crippen LogP contribution in [0.3, 0.4) is 0 Å². The Bertz CT molecular complexity index is 734.